The number of hydrogen-bond donors (Lipinski definition) is 1. The van der Waals surface area contributed by atoms with Crippen LogP contribution in [0.1, 0.15) is 46.5 Å². The lowest BCUT2D eigenvalue weighted by Crippen LogP contribution is -2.30. The first-order chi connectivity index (χ1) is 7.53. The van der Waals surface area contributed by atoms with Crippen molar-refractivity contribution in [3.8, 4) is 0 Å². The van der Waals surface area contributed by atoms with E-state index in [0.717, 1.165) is 13.1 Å². The van der Waals surface area contributed by atoms with Gasteiger partial charge in [0, 0.05) is 13.1 Å². The fourth-order valence-electron chi connectivity index (χ4n) is 2.06. The fourth-order valence-corrected chi connectivity index (χ4v) is 2.06. The Balaban J connectivity index is 2.08. The van der Waals surface area contributed by atoms with E-state index >= 15 is 0 Å². The minimum Gasteiger partial charge on any atom is -0.330 e. The van der Waals surface area contributed by atoms with Crippen molar-refractivity contribution in [3.05, 3.63) is 11.6 Å². The SMILES string of the molecule is CC1=CCN(CCCCC(C)(C)CN)CC1. The summed E-state index contributed by atoms with van der Waals surface area (Å²) in [6.07, 6.45) is 7.51. The van der Waals surface area contributed by atoms with Crippen molar-refractivity contribution < 1.29 is 0 Å². The molecule has 1 aliphatic rings. The summed E-state index contributed by atoms with van der Waals surface area (Å²) >= 11 is 0. The molecule has 0 aliphatic carbocycles. The third kappa shape index (κ3) is 5.13. The topological polar surface area (TPSA) is 29.3 Å². The lowest BCUT2D eigenvalue weighted by Gasteiger charge is -2.26. The highest BCUT2D eigenvalue weighted by Crippen LogP contribution is 2.21. The maximum Gasteiger partial charge on any atom is 0.0165 e. The van der Waals surface area contributed by atoms with E-state index in [0.29, 0.717) is 5.41 Å². The van der Waals surface area contributed by atoms with Gasteiger partial charge in [0.2, 0.25) is 0 Å². The van der Waals surface area contributed by atoms with Gasteiger partial charge in [-0.3, -0.25) is 4.90 Å². The van der Waals surface area contributed by atoms with E-state index in [2.05, 4.69) is 31.7 Å². The number of hydrogen-bond acceptors (Lipinski definition) is 2. The van der Waals surface area contributed by atoms with Gasteiger partial charge in [0.15, 0.2) is 0 Å². The van der Waals surface area contributed by atoms with Crippen LogP contribution >= 0.6 is 0 Å². The monoisotopic (exact) mass is 224 g/mol. The maximum absolute atomic E-state index is 5.73. The summed E-state index contributed by atoms with van der Waals surface area (Å²) < 4.78 is 0. The Bertz CT molecular complexity index is 231. The van der Waals surface area contributed by atoms with Crippen molar-refractivity contribution in [1.82, 2.24) is 4.90 Å². The first kappa shape index (κ1) is 13.7. The zero-order chi connectivity index (χ0) is 12.0. The highest BCUT2D eigenvalue weighted by atomic mass is 15.1. The van der Waals surface area contributed by atoms with E-state index in [1.807, 2.05) is 0 Å². The predicted molar refractivity (Wildman–Crippen MR) is 71.5 cm³/mol. The third-order valence-corrected chi connectivity index (χ3v) is 3.65. The number of nitrogens with two attached hydrogens (primary N) is 1. The van der Waals surface area contributed by atoms with E-state index in [1.54, 1.807) is 5.57 Å². The molecule has 0 radical (unpaired) electrons. The molecule has 1 aliphatic heterocycles. The molecule has 0 spiro atoms. The summed E-state index contributed by atoms with van der Waals surface area (Å²) in [7, 11) is 0. The second kappa shape index (κ2) is 6.41. The molecule has 16 heavy (non-hydrogen) atoms. The van der Waals surface area contributed by atoms with Crippen LogP contribution < -0.4 is 5.73 Å². The van der Waals surface area contributed by atoms with Crippen LogP contribution in [-0.2, 0) is 0 Å². The summed E-state index contributed by atoms with van der Waals surface area (Å²) in [5.41, 5.74) is 7.62. The standard InChI is InChI=1S/C14H28N2/c1-13-6-10-16(11-7-13)9-5-4-8-14(2,3)12-15/h6H,4-5,7-12,15H2,1-3H3. The lowest BCUT2D eigenvalue weighted by atomic mass is 9.87. The maximum atomic E-state index is 5.73. The zero-order valence-corrected chi connectivity index (χ0v) is 11.3. The van der Waals surface area contributed by atoms with Gasteiger partial charge in [-0.2, -0.15) is 0 Å². The van der Waals surface area contributed by atoms with Gasteiger partial charge in [-0.1, -0.05) is 31.9 Å². The largest absolute Gasteiger partial charge is 0.330 e. The molecular weight excluding hydrogens is 196 g/mol. The molecule has 1 rings (SSSR count). The molecule has 0 aromatic heterocycles. The van der Waals surface area contributed by atoms with Crippen LogP contribution in [0.4, 0.5) is 0 Å². The number of nitrogens with zero attached hydrogens (tertiary/aromatic N) is 1. The Kier molecular flexibility index (Phi) is 5.50. The van der Waals surface area contributed by atoms with Gasteiger partial charge >= 0.3 is 0 Å². The smallest absolute Gasteiger partial charge is 0.0165 e. The van der Waals surface area contributed by atoms with Crippen molar-refractivity contribution in [1.29, 1.82) is 0 Å². The van der Waals surface area contributed by atoms with Crippen LogP contribution in [0.3, 0.4) is 0 Å². The molecule has 0 aromatic carbocycles. The zero-order valence-electron chi connectivity index (χ0n) is 11.3. The van der Waals surface area contributed by atoms with Crippen LogP contribution in [0.5, 0.6) is 0 Å². The Morgan fingerprint density at radius 1 is 1.38 bits per heavy atom. The summed E-state index contributed by atoms with van der Waals surface area (Å²) in [5, 5.41) is 0. The van der Waals surface area contributed by atoms with E-state index in [-0.39, 0.29) is 0 Å². The van der Waals surface area contributed by atoms with Crippen molar-refractivity contribution in [2.24, 2.45) is 11.1 Å². The summed E-state index contributed by atoms with van der Waals surface area (Å²) in [5.74, 6) is 0. The van der Waals surface area contributed by atoms with Gasteiger partial charge in [0.05, 0.1) is 0 Å². The Labute approximate surface area is 101 Å². The van der Waals surface area contributed by atoms with Gasteiger partial charge < -0.3 is 5.73 Å². The summed E-state index contributed by atoms with van der Waals surface area (Å²) in [4.78, 5) is 2.56. The van der Waals surface area contributed by atoms with Crippen LogP contribution in [0.25, 0.3) is 0 Å². The first-order valence-corrected chi connectivity index (χ1v) is 6.61. The molecule has 94 valence electrons. The Hall–Kier alpha value is -0.340. The van der Waals surface area contributed by atoms with E-state index in [1.165, 1.54) is 38.8 Å². The first-order valence-electron chi connectivity index (χ1n) is 6.61. The molecule has 2 heteroatoms. The molecule has 0 unspecified atom stereocenters. The highest BCUT2D eigenvalue weighted by molar-refractivity contribution is 5.03. The highest BCUT2D eigenvalue weighted by Gasteiger charge is 2.15. The summed E-state index contributed by atoms with van der Waals surface area (Å²) in [6.45, 7) is 11.2. The number of unbranched alkanes of at least 4 members (excludes halogenated alkanes) is 1. The van der Waals surface area contributed by atoms with E-state index in [4.69, 9.17) is 5.73 Å². The van der Waals surface area contributed by atoms with Crippen molar-refractivity contribution in [2.75, 3.05) is 26.2 Å². The van der Waals surface area contributed by atoms with Gasteiger partial charge in [-0.05, 0) is 44.7 Å². The predicted octanol–water partition coefficient (Wildman–Crippen LogP) is 2.79. The quantitative estimate of drug-likeness (QED) is 0.555. The Morgan fingerprint density at radius 3 is 2.69 bits per heavy atom. The van der Waals surface area contributed by atoms with Crippen LogP contribution in [0, 0.1) is 5.41 Å². The average molecular weight is 224 g/mol. The van der Waals surface area contributed by atoms with Crippen LogP contribution in [0.2, 0.25) is 0 Å². The van der Waals surface area contributed by atoms with E-state index < -0.39 is 0 Å². The van der Waals surface area contributed by atoms with Crippen molar-refractivity contribution >= 4 is 0 Å². The molecule has 0 bridgehead atoms. The fraction of sp³-hybridized carbons (Fsp3) is 0.857. The molecule has 1 heterocycles. The lowest BCUT2D eigenvalue weighted by molar-refractivity contribution is 0.270. The molecule has 0 aromatic rings. The van der Waals surface area contributed by atoms with Gasteiger partial charge in [0.1, 0.15) is 0 Å². The van der Waals surface area contributed by atoms with Crippen LogP contribution in [0.15, 0.2) is 11.6 Å². The molecule has 0 saturated heterocycles. The second-order valence-corrected chi connectivity index (χ2v) is 5.93. The molecule has 0 saturated carbocycles. The summed E-state index contributed by atoms with van der Waals surface area (Å²) in [6, 6.07) is 0. The minimum atomic E-state index is 0.332. The minimum absolute atomic E-state index is 0.332. The number of rotatable bonds is 6. The Morgan fingerprint density at radius 2 is 2.12 bits per heavy atom. The molecular formula is C14H28N2. The molecule has 0 amide bonds. The average Bonchev–Trinajstić information content (AvgIpc) is 2.27. The molecule has 2 nitrogen and oxygen atoms in total. The molecule has 0 fully saturated rings. The van der Waals surface area contributed by atoms with Crippen molar-refractivity contribution in [2.45, 2.75) is 46.5 Å². The third-order valence-electron chi connectivity index (χ3n) is 3.65. The molecule has 2 N–H and O–H groups in total. The molecule has 0 atom stereocenters. The van der Waals surface area contributed by atoms with E-state index in [9.17, 15) is 0 Å². The van der Waals surface area contributed by atoms with Gasteiger partial charge in [-0.25, -0.2) is 0 Å². The van der Waals surface area contributed by atoms with Crippen LogP contribution in [-0.4, -0.2) is 31.1 Å². The van der Waals surface area contributed by atoms with Gasteiger partial charge in [0.25, 0.3) is 0 Å². The second-order valence-electron chi connectivity index (χ2n) is 5.93. The normalized spacial score (nSPS) is 18.6. The van der Waals surface area contributed by atoms with Gasteiger partial charge in [-0.15, -0.1) is 0 Å². The van der Waals surface area contributed by atoms with Crippen molar-refractivity contribution in [3.63, 3.8) is 0 Å².